The van der Waals surface area contributed by atoms with Gasteiger partial charge < -0.3 is 5.11 Å². The molecule has 1 aliphatic rings. The van der Waals surface area contributed by atoms with Gasteiger partial charge in [-0.05, 0) is 60.8 Å². The molecule has 0 atom stereocenters. The third kappa shape index (κ3) is 3.45. The number of aliphatic imine (C=N–C) groups is 1. The summed E-state index contributed by atoms with van der Waals surface area (Å²) in [4.78, 5) is 18.0. The molecule has 5 rings (SSSR count). The number of rotatable bonds is 3. The number of halogens is 1. The third-order valence-corrected chi connectivity index (χ3v) is 6.07. The number of hydrogen-bond acceptors (Lipinski definition) is 4. The van der Waals surface area contributed by atoms with Gasteiger partial charge in [0.25, 0.3) is 5.56 Å². The number of aromatic nitrogens is 2. The number of para-hydroxylation sites is 2. The molecule has 5 nitrogen and oxygen atoms in total. The second-order valence-corrected chi connectivity index (χ2v) is 8.47. The number of aromatic hydroxyl groups is 1. The van der Waals surface area contributed by atoms with Crippen LogP contribution in [0.4, 0.5) is 5.69 Å². The lowest BCUT2D eigenvalue weighted by molar-refractivity contribution is 0.429. The van der Waals surface area contributed by atoms with E-state index in [2.05, 4.69) is 20.9 Å². The molecule has 3 aromatic carbocycles. The monoisotopic (exact) mass is 501 g/mol. The van der Waals surface area contributed by atoms with Crippen molar-refractivity contribution < 1.29 is 5.11 Å². The fraction of sp³-hybridized carbons (Fsp3) is 0. The average molecular weight is 502 g/mol. The molecule has 7 heteroatoms. The molecule has 0 saturated carbocycles. The molecular weight excluding hydrogens is 486 g/mol. The van der Waals surface area contributed by atoms with Gasteiger partial charge in [0.05, 0.1) is 17.1 Å². The largest absolute Gasteiger partial charge is 0.494 e. The highest BCUT2D eigenvalue weighted by Gasteiger charge is 2.20. The Hall–Kier alpha value is -3.55. The molecule has 0 saturated heterocycles. The standard InChI is InChI=1S/C25H16BrN3O2S/c26-17-11-12-22-20(14-17)16(15-27-22)13-21-23(30)28(18-7-3-1-4-8-18)25(32)29(24(21)31)19-9-5-2-6-10-19/h1-15,30H. The Morgan fingerprint density at radius 3 is 2.19 bits per heavy atom. The maximum atomic E-state index is 13.6. The van der Waals surface area contributed by atoms with Crippen LogP contribution in [0.2, 0.25) is 0 Å². The number of allylic oxidation sites excluding steroid dienone is 1. The lowest BCUT2D eigenvalue weighted by atomic mass is 10.1. The van der Waals surface area contributed by atoms with Gasteiger partial charge in [0.2, 0.25) is 5.88 Å². The van der Waals surface area contributed by atoms with Crippen molar-refractivity contribution in [2.75, 3.05) is 0 Å². The summed E-state index contributed by atoms with van der Waals surface area (Å²) in [6, 6.07) is 24.2. The second kappa shape index (κ2) is 8.18. The van der Waals surface area contributed by atoms with E-state index in [9.17, 15) is 9.90 Å². The van der Waals surface area contributed by atoms with Crippen molar-refractivity contribution in [1.82, 2.24) is 9.13 Å². The van der Waals surface area contributed by atoms with Gasteiger partial charge in [0, 0.05) is 21.8 Å². The Balaban J connectivity index is 1.83. The number of hydrogen-bond donors (Lipinski definition) is 1. The molecule has 0 aliphatic carbocycles. The first-order chi connectivity index (χ1) is 15.5. The van der Waals surface area contributed by atoms with E-state index in [0.29, 0.717) is 11.4 Å². The third-order valence-electron chi connectivity index (χ3n) is 5.21. The molecule has 2 heterocycles. The van der Waals surface area contributed by atoms with Crippen molar-refractivity contribution in [3.63, 3.8) is 0 Å². The van der Waals surface area contributed by atoms with Crippen LogP contribution in [0.15, 0.2) is 93.1 Å². The summed E-state index contributed by atoms with van der Waals surface area (Å²) >= 11 is 9.15. The van der Waals surface area contributed by atoms with E-state index in [1.807, 2.05) is 78.9 Å². The molecule has 0 bridgehead atoms. The van der Waals surface area contributed by atoms with Crippen LogP contribution in [-0.2, 0) is 0 Å². The zero-order valence-electron chi connectivity index (χ0n) is 16.6. The van der Waals surface area contributed by atoms with Crippen LogP contribution in [0.5, 0.6) is 5.88 Å². The van der Waals surface area contributed by atoms with E-state index in [1.54, 1.807) is 12.3 Å². The minimum Gasteiger partial charge on any atom is -0.494 e. The predicted octanol–water partition coefficient (Wildman–Crippen LogP) is 6.08. The van der Waals surface area contributed by atoms with Crippen LogP contribution < -0.4 is 5.56 Å². The van der Waals surface area contributed by atoms with E-state index in [0.717, 1.165) is 21.3 Å². The molecule has 0 fully saturated rings. The zero-order chi connectivity index (χ0) is 22.2. The Bertz CT molecular complexity index is 1520. The van der Waals surface area contributed by atoms with Crippen molar-refractivity contribution in [3.05, 3.63) is 110 Å². The van der Waals surface area contributed by atoms with Crippen LogP contribution in [0.25, 0.3) is 23.0 Å². The molecule has 32 heavy (non-hydrogen) atoms. The van der Waals surface area contributed by atoms with Gasteiger partial charge in [-0.25, -0.2) is 0 Å². The van der Waals surface area contributed by atoms with Crippen molar-refractivity contribution in [2.45, 2.75) is 0 Å². The first kappa shape index (κ1) is 20.4. The lowest BCUT2D eigenvalue weighted by Crippen LogP contribution is -2.25. The highest BCUT2D eigenvalue weighted by molar-refractivity contribution is 9.10. The highest BCUT2D eigenvalue weighted by Crippen LogP contribution is 2.35. The van der Waals surface area contributed by atoms with Crippen molar-refractivity contribution in [1.29, 1.82) is 0 Å². The molecule has 0 amide bonds. The summed E-state index contributed by atoms with van der Waals surface area (Å²) in [5, 5.41) is 11.2. The molecule has 0 radical (unpaired) electrons. The molecule has 1 N–H and O–H groups in total. The summed E-state index contributed by atoms with van der Waals surface area (Å²) in [6.07, 6.45) is 3.35. The van der Waals surface area contributed by atoms with E-state index in [-0.39, 0.29) is 16.2 Å². The van der Waals surface area contributed by atoms with Crippen LogP contribution >= 0.6 is 28.1 Å². The van der Waals surface area contributed by atoms with Crippen LogP contribution in [0.3, 0.4) is 0 Å². The molecule has 4 aromatic rings. The van der Waals surface area contributed by atoms with Gasteiger partial charge in [-0.2, -0.15) is 0 Å². The van der Waals surface area contributed by atoms with E-state index < -0.39 is 5.56 Å². The summed E-state index contributed by atoms with van der Waals surface area (Å²) in [6.45, 7) is 0. The summed E-state index contributed by atoms with van der Waals surface area (Å²) in [5.74, 6) is -0.220. The van der Waals surface area contributed by atoms with Gasteiger partial charge in [0.15, 0.2) is 4.77 Å². The summed E-state index contributed by atoms with van der Waals surface area (Å²) in [5.41, 5.74) is 3.40. The maximum absolute atomic E-state index is 13.6. The zero-order valence-corrected chi connectivity index (χ0v) is 19.0. The first-order valence-electron chi connectivity index (χ1n) is 9.82. The smallest absolute Gasteiger partial charge is 0.270 e. The van der Waals surface area contributed by atoms with Gasteiger partial charge in [-0.1, -0.05) is 52.3 Å². The van der Waals surface area contributed by atoms with Gasteiger partial charge >= 0.3 is 0 Å². The topological polar surface area (TPSA) is 59.5 Å². The van der Waals surface area contributed by atoms with Crippen molar-refractivity contribution >= 4 is 51.7 Å². The van der Waals surface area contributed by atoms with Gasteiger partial charge in [-0.15, -0.1) is 0 Å². The number of fused-ring (bicyclic) bond motifs is 1. The average Bonchev–Trinajstić information content (AvgIpc) is 3.20. The molecule has 1 aromatic heterocycles. The molecule has 0 spiro atoms. The Labute approximate surface area is 197 Å². The Kier molecular flexibility index (Phi) is 5.20. The maximum Gasteiger partial charge on any atom is 0.270 e. The van der Waals surface area contributed by atoms with Crippen LogP contribution in [-0.4, -0.2) is 20.5 Å². The van der Waals surface area contributed by atoms with Gasteiger partial charge in [0.1, 0.15) is 5.56 Å². The van der Waals surface area contributed by atoms with Gasteiger partial charge in [-0.3, -0.25) is 18.9 Å². The first-order valence-corrected chi connectivity index (χ1v) is 11.0. The Morgan fingerprint density at radius 2 is 1.53 bits per heavy atom. The second-order valence-electron chi connectivity index (χ2n) is 7.19. The fourth-order valence-electron chi connectivity index (χ4n) is 3.69. The highest BCUT2D eigenvalue weighted by atomic mass is 79.9. The number of benzene rings is 3. The van der Waals surface area contributed by atoms with E-state index in [1.165, 1.54) is 9.13 Å². The molecule has 1 aliphatic heterocycles. The lowest BCUT2D eigenvalue weighted by Gasteiger charge is -2.17. The SMILES string of the molecule is O=c1c(C=C2C=Nc3ccc(Br)cc32)c(O)n(-c2ccccc2)c(=S)n1-c1ccccc1. The van der Waals surface area contributed by atoms with E-state index >= 15 is 0 Å². The predicted molar refractivity (Wildman–Crippen MR) is 134 cm³/mol. The Morgan fingerprint density at radius 1 is 0.906 bits per heavy atom. The van der Waals surface area contributed by atoms with E-state index in [4.69, 9.17) is 12.2 Å². The minimum atomic E-state index is -0.407. The quantitative estimate of drug-likeness (QED) is 0.346. The van der Waals surface area contributed by atoms with Crippen molar-refractivity contribution in [2.24, 2.45) is 4.99 Å². The summed E-state index contributed by atoms with van der Waals surface area (Å²) in [7, 11) is 0. The van der Waals surface area contributed by atoms with Crippen LogP contribution in [0.1, 0.15) is 11.1 Å². The number of nitrogens with zero attached hydrogens (tertiary/aromatic N) is 3. The fourth-order valence-corrected chi connectivity index (χ4v) is 4.43. The molecule has 0 unspecified atom stereocenters. The summed E-state index contributed by atoms with van der Waals surface area (Å²) < 4.78 is 4.01. The minimum absolute atomic E-state index is 0.126. The normalized spacial score (nSPS) is 13.5. The van der Waals surface area contributed by atoms with Crippen LogP contribution in [0, 0.1) is 4.77 Å². The van der Waals surface area contributed by atoms with Crippen molar-refractivity contribution in [3.8, 4) is 17.3 Å². The molecular formula is C25H16BrN3O2S. The molecule has 156 valence electrons.